The van der Waals surface area contributed by atoms with Crippen LogP contribution < -0.4 is 11.1 Å². The number of aromatic nitrogens is 1. The van der Waals surface area contributed by atoms with Crippen molar-refractivity contribution >= 4 is 11.6 Å². The topological polar surface area (TPSA) is 68.0 Å². The minimum atomic E-state index is -0.136. The smallest absolute Gasteiger partial charge is 0.254 e. The van der Waals surface area contributed by atoms with Crippen LogP contribution in [0.25, 0.3) is 0 Å². The van der Waals surface area contributed by atoms with E-state index in [1.165, 1.54) is 0 Å². The van der Waals surface area contributed by atoms with E-state index >= 15 is 0 Å². The van der Waals surface area contributed by atoms with Crippen molar-refractivity contribution in [3.05, 3.63) is 23.5 Å². The van der Waals surface area contributed by atoms with Crippen LogP contribution >= 0.6 is 0 Å². The lowest BCUT2D eigenvalue weighted by Gasteiger charge is -2.08. The van der Waals surface area contributed by atoms with E-state index in [4.69, 9.17) is 5.73 Å². The summed E-state index contributed by atoms with van der Waals surface area (Å²) in [6, 6.07) is 1.72. The molecular formula is C15H23N3O. The molecule has 1 aliphatic carbocycles. The summed E-state index contributed by atoms with van der Waals surface area (Å²) >= 11 is 0. The van der Waals surface area contributed by atoms with Gasteiger partial charge in [-0.05, 0) is 29.7 Å². The third-order valence-corrected chi connectivity index (χ3v) is 5.10. The minimum absolute atomic E-state index is 0.136. The van der Waals surface area contributed by atoms with Gasteiger partial charge in [0, 0.05) is 24.1 Å². The number of aryl methyl sites for hydroxylation is 1. The van der Waals surface area contributed by atoms with Crippen molar-refractivity contribution in [2.45, 2.75) is 34.6 Å². The molecule has 1 amide bonds. The highest BCUT2D eigenvalue weighted by Gasteiger charge is 2.64. The highest BCUT2D eigenvalue weighted by Crippen LogP contribution is 2.67. The normalized spacial score (nSPS) is 20.1. The summed E-state index contributed by atoms with van der Waals surface area (Å²) in [7, 11) is 0. The fourth-order valence-electron chi connectivity index (χ4n) is 2.90. The zero-order chi connectivity index (χ0) is 14.4. The Labute approximate surface area is 114 Å². The number of carbonyl (C=O) groups is 1. The van der Waals surface area contributed by atoms with Crippen LogP contribution in [0.2, 0.25) is 0 Å². The number of anilines is 1. The molecule has 0 saturated heterocycles. The maximum atomic E-state index is 12.1. The van der Waals surface area contributed by atoms with E-state index in [1.54, 1.807) is 12.3 Å². The summed E-state index contributed by atoms with van der Waals surface area (Å²) in [5, 5.41) is 2.97. The predicted octanol–water partition coefficient (Wildman–Crippen LogP) is 2.38. The number of amides is 1. The second-order valence-corrected chi connectivity index (χ2v) is 6.62. The quantitative estimate of drug-likeness (QED) is 0.877. The standard InChI is InChI=1S/C15H23N3O/c1-9-6-11(16)10(7-17-9)13(19)18-8-12-14(2,3)15(12,4)5/h6-7,12H,8H2,1-5H3,(H2,16,17)(H,18,19). The van der Waals surface area contributed by atoms with Crippen molar-refractivity contribution in [2.75, 3.05) is 12.3 Å². The van der Waals surface area contributed by atoms with E-state index in [2.05, 4.69) is 38.0 Å². The summed E-state index contributed by atoms with van der Waals surface area (Å²) in [6.07, 6.45) is 1.54. The highest BCUT2D eigenvalue weighted by atomic mass is 16.1. The first-order chi connectivity index (χ1) is 8.68. The number of nitrogens with two attached hydrogens (primary N) is 1. The average molecular weight is 261 g/mol. The highest BCUT2D eigenvalue weighted by molar-refractivity contribution is 5.98. The molecular weight excluding hydrogens is 238 g/mol. The Morgan fingerprint density at radius 1 is 1.37 bits per heavy atom. The molecule has 4 nitrogen and oxygen atoms in total. The largest absolute Gasteiger partial charge is 0.398 e. The number of nitrogens with zero attached hydrogens (tertiary/aromatic N) is 1. The van der Waals surface area contributed by atoms with E-state index in [0.717, 1.165) is 5.69 Å². The lowest BCUT2D eigenvalue weighted by molar-refractivity contribution is 0.0950. The molecule has 0 atom stereocenters. The van der Waals surface area contributed by atoms with Gasteiger partial charge in [-0.15, -0.1) is 0 Å². The van der Waals surface area contributed by atoms with Crippen LogP contribution in [0.3, 0.4) is 0 Å². The average Bonchev–Trinajstić information content (AvgIpc) is 2.66. The van der Waals surface area contributed by atoms with E-state index in [9.17, 15) is 4.79 Å². The van der Waals surface area contributed by atoms with Crippen LogP contribution in [0.4, 0.5) is 5.69 Å². The van der Waals surface area contributed by atoms with E-state index in [-0.39, 0.29) is 16.7 Å². The molecule has 1 aromatic heterocycles. The number of carbonyl (C=O) groups excluding carboxylic acids is 1. The van der Waals surface area contributed by atoms with E-state index in [0.29, 0.717) is 23.7 Å². The number of hydrogen-bond acceptors (Lipinski definition) is 3. The van der Waals surface area contributed by atoms with Crippen molar-refractivity contribution in [3.8, 4) is 0 Å². The maximum Gasteiger partial charge on any atom is 0.254 e. The molecule has 4 heteroatoms. The summed E-state index contributed by atoms with van der Waals surface area (Å²) in [4.78, 5) is 16.2. The van der Waals surface area contributed by atoms with Crippen molar-refractivity contribution in [1.82, 2.24) is 10.3 Å². The second-order valence-electron chi connectivity index (χ2n) is 6.62. The predicted molar refractivity (Wildman–Crippen MR) is 76.8 cm³/mol. The van der Waals surface area contributed by atoms with Gasteiger partial charge in [-0.3, -0.25) is 9.78 Å². The number of hydrogen-bond donors (Lipinski definition) is 2. The Hall–Kier alpha value is -1.58. The molecule has 0 unspecified atom stereocenters. The van der Waals surface area contributed by atoms with Crippen LogP contribution in [0.15, 0.2) is 12.3 Å². The van der Waals surface area contributed by atoms with Crippen LogP contribution in [-0.4, -0.2) is 17.4 Å². The Balaban J connectivity index is 2.00. The SMILES string of the molecule is Cc1cc(N)c(C(=O)NCC2C(C)(C)C2(C)C)cn1. The third-order valence-electron chi connectivity index (χ3n) is 5.10. The molecule has 19 heavy (non-hydrogen) atoms. The van der Waals surface area contributed by atoms with Crippen molar-refractivity contribution in [3.63, 3.8) is 0 Å². The first-order valence-electron chi connectivity index (χ1n) is 6.68. The summed E-state index contributed by atoms with van der Waals surface area (Å²) in [5.41, 5.74) is 8.16. The fourth-order valence-corrected chi connectivity index (χ4v) is 2.90. The maximum absolute atomic E-state index is 12.1. The molecule has 3 N–H and O–H groups in total. The number of pyridine rings is 1. The monoisotopic (exact) mass is 261 g/mol. The van der Waals surface area contributed by atoms with Crippen molar-refractivity contribution < 1.29 is 4.79 Å². The zero-order valence-electron chi connectivity index (χ0n) is 12.4. The van der Waals surface area contributed by atoms with Crippen LogP contribution in [0.5, 0.6) is 0 Å². The first-order valence-corrected chi connectivity index (χ1v) is 6.68. The van der Waals surface area contributed by atoms with Gasteiger partial charge in [0.05, 0.1) is 5.56 Å². The first kappa shape index (κ1) is 13.8. The minimum Gasteiger partial charge on any atom is -0.398 e. The molecule has 0 bridgehead atoms. The number of nitrogen functional groups attached to an aromatic ring is 1. The molecule has 1 fully saturated rings. The Kier molecular flexibility index (Phi) is 3.07. The van der Waals surface area contributed by atoms with Gasteiger partial charge >= 0.3 is 0 Å². The molecule has 0 spiro atoms. The van der Waals surface area contributed by atoms with Crippen LogP contribution in [0.1, 0.15) is 43.7 Å². The molecule has 0 aromatic carbocycles. The van der Waals surface area contributed by atoms with Gasteiger partial charge in [0.15, 0.2) is 0 Å². The summed E-state index contributed by atoms with van der Waals surface area (Å²) in [6.45, 7) is 11.5. The van der Waals surface area contributed by atoms with Gasteiger partial charge in [-0.25, -0.2) is 0 Å². The van der Waals surface area contributed by atoms with Gasteiger partial charge in [0.2, 0.25) is 0 Å². The van der Waals surface area contributed by atoms with E-state index in [1.807, 2.05) is 6.92 Å². The molecule has 2 rings (SSSR count). The summed E-state index contributed by atoms with van der Waals surface area (Å²) < 4.78 is 0. The molecule has 0 aliphatic heterocycles. The second kappa shape index (κ2) is 4.22. The molecule has 104 valence electrons. The van der Waals surface area contributed by atoms with Gasteiger partial charge in [-0.2, -0.15) is 0 Å². The molecule has 1 heterocycles. The van der Waals surface area contributed by atoms with Gasteiger partial charge in [0.25, 0.3) is 5.91 Å². The molecule has 0 radical (unpaired) electrons. The fraction of sp³-hybridized carbons (Fsp3) is 0.600. The van der Waals surface area contributed by atoms with Gasteiger partial charge in [0.1, 0.15) is 0 Å². The van der Waals surface area contributed by atoms with Crippen LogP contribution in [-0.2, 0) is 0 Å². The Morgan fingerprint density at radius 2 is 1.95 bits per heavy atom. The third kappa shape index (κ3) is 2.20. The Bertz CT molecular complexity index is 506. The Morgan fingerprint density at radius 3 is 2.42 bits per heavy atom. The number of rotatable bonds is 3. The summed E-state index contributed by atoms with van der Waals surface area (Å²) in [5.74, 6) is 0.368. The lowest BCUT2D eigenvalue weighted by atomic mass is 10.0. The van der Waals surface area contributed by atoms with Crippen molar-refractivity contribution in [1.29, 1.82) is 0 Å². The van der Waals surface area contributed by atoms with E-state index < -0.39 is 0 Å². The molecule has 1 aliphatic rings. The van der Waals surface area contributed by atoms with Crippen molar-refractivity contribution in [2.24, 2.45) is 16.7 Å². The van der Waals surface area contributed by atoms with Gasteiger partial charge < -0.3 is 11.1 Å². The number of nitrogens with one attached hydrogen (secondary N) is 1. The molecule has 1 saturated carbocycles. The zero-order valence-corrected chi connectivity index (χ0v) is 12.4. The van der Waals surface area contributed by atoms with Crippen LogP contribution in [0, 0.1) is 23.7 Å². The molecule has 1 aromatic rings. The van der Waals surface area contributed by atoms with Gasteiger partial charge in [-0.1, -0.05) is 27.7 Å². The lowest BCUT2D eigenvalue weighted by Crippen LogP contribution is -2.28.